The quantitative estimate of drug-likeness (QED) is 0.242. The van der Waals surface area contributed by atoms with E-state index in [-0.39, 0.29) is 16.8 Å². The van der Waals surface area contributed by atoms with Crippen LogP contribution in [-0.4, -0.2) is 28.1 Å². The molecule has 0 fully saturated rings. The molecule has 0 atom stereocenters. The molecule has 0 saturated heterocycles. The number of para-hydroxylation sites is 1. The van der Waals surface area contributed by atoms with Gasteiger partial charge in [-0.2, -0.15) is 10.4 Å². The van der Waals surface area contributed by atoms with Crippen LogP contribution in [0.5, 0.6) is 5.75 Å². The molecule has 2 aromatic rings. The van der Waals surface area contributed by atoms with E-state index in [1.165, 1.54) is 6.07 Å². The van der Waals surface area contributed by atoms with Gasteiger partial charge in [0.15, 0.2) is 0 Å². The van der Waals surface area contributed by atoms with Crippen LogP contribution in [0.25, 0.3) is 5.57 Å². The molecule has 10 heteroatoms. The molecule has 1 heterocycles. The average molecular weight is 377 g/mol. The van der Waals surface area contributed by atoms with Crippen molar-refractivity contribution in [2.75, 3.05) is 5.32 Å². The van der Waals surface area contributed by atoms with Crippen LogP contribution in [0, 0.1) is 21.4 Å². The highest BCUT2D eigenvalue weighted by Crippen LogP contribution is 2.33. The van der Waals surface area contributed by atoms with Crippen molar-refractivity contribution in [3.63, 3.8) is 0 Å². The van der Waals surface area contributed by atoms with E-state index in [9.17, 15) is 30.1 Å². The third-order valence-electron chi connectivity index (χ3n) is 3.86. The van der Waals surface area contributed by atoms with Gasteiger partial charge in [-0.3, -0.25) is 19.7 Å². The van der Waals surface area contributed by atoms with Gasteiger partial charge in [-0.1, -0.05) is 18.2 Å². The molecule has 0 spiro atoms. The number of non-ortho nitro benzene ring substituents is 1. The van der Waals surface area contributed by atoms with Crippen molar-refractivity contribution in [3.05, 3.63) is 69.3 Å². The number of rotatable bonds is 4. The first kappa shape index (κ1) is 18.3. The van der Waals surface area contributed by atoms with Crippen LogP contribution in [0.4, 0.5) is 11.4 Å². The number of carbonyl (C=O) groups is 2. The van der Waals surface area contributed by atoms with E-state index < -0.39 is 28.1 Å². The van der Waals surface area contributed by atoms with Gasteiger partial charge in [-0.05, 0) is 12.1 Å². The van der Waals surface area contributed by atoms with Gasteiger partial charge in [0, 0.05) is 22.9 Å². The number of fused-ring (bicyclic) bond motifs is 1. The van der Waals surface area contributed by atoms with Gasteiger partial charge in [0.1, 0.15) is 17.4 Å². The number of benzene rings is 2. The topological polar surface area (TPSA) is 158 Å². The summed E-state index contributed by atoms with van der Waals surface area (Å²) in [5, 5.41) is 35.9. The number of nitrogens with zero attached hydrogens (tertiary/aromatic N) is 3. The zero-order valence-electron chi connectivity index (χ0n) is 14.0. The van der Waals surface area contributed by atoms with Crippen LogP contribution in [-0.2, 0) is 9.59 Å². The number of aromatic hydroxyl groups is 1. The standard InChI is InChI=1S/C18H11N5O5/c19-8-13(16-12-3-1-2-4-14(12)21-18(16)26)17(25)22-20-9-10-5-6-11(23(27)28)7-15(10)24/h1-7,9,24H,(H,21,26)(H,22,25)/b16-13?,20-9+. The third-order valence-corrected chi connectivity index (χ3v) is 3.86. The summed E-state index contributed by atoms with van der Waals surface area (Å²) in [7, 11) is 0. The molecule has 3 rings (SSSR count). The number of hydrogen-bond acceptors (Lipinski definition) is 7. The van der Waals surface area contributed by atoms with Crippen LogP contribution >= 0.6 is 0 Å². The van der Waals surface area contributed by atoms with E-state index >= 15 is 0 Å². The Hall–Kier alpha value is -4.52. The number of hydrogen-bond donors (Lipinski definition) is 3. The fourth-order valence-corrected chi connectivity index (χ4v) is 2.56. The predicted molar refractivity (Wildman–Crippen MR) is 98.1 cm³/mol. The summed E-state index contributed by atoms with van der Waals surface area (Å²) in [5.74, 6) is -1.90. The Balaban J connectivity index is 1.83. The van der Waals surface area contributed by atoms with Gasteiger partial charge in [-0.25, -0.2) is 5.43 Å². The highest BCUT2D eigenvalue weighted by molar-refractivity contribution is 6.36. The minimum absolute atomic E-state index is 0.0658. The van der Waals surface area contributed by atoms with Gasteiger partial charge in [0.2, 0.25) is 0 Å². The van der Waals surface area contributed by atoms with Gasteiger partial charge >= 0.3 is 0 Å². The second kappa shape index (κ2) is 7.38. The Kier molecular flexibility index (Phi) is 4.82. The van der Waals surface area contributed by atoms with Crippen molar-refractivity contribution in [2.24, 2.45) is 5.10 Å². The van der Waals surface area contributed by atoms with Crippen molar-refractivity contribution >= 4 is 35.0 Å². The predicted octanol–water partition coefficient (Wildman–Crippen LogP) is 1.68. The molecular weight excluding hydrogens is 366 g/mol. The normalized spacial score (nSPS) is 14.2. The maximum Gasteiger partial charge on any atom is 0.282 e. The van der Waals surface area contributed by atoms with Crippen molar-refractivity contribution in [3.8, 4) is 11.8 Å². The molecule has 0 radical (unpaired) electrons. The smallest absolute Gasteiger partial charge is 0.282 e. The second-order valence-corrected chi connectivity index (χ2v) is 5.56. The molecule has 1 aliphatic rings. The van der Waals surface area contributed by atoms with Gasteiger partial charge in [-0.15, -0.1) is 0 Å². The summed E-state index contributed by atoms with van der Waals surface area (Å²) < 4.78 is 0. The maximum atomic E-state index is 12.3. The van der Waals surface area contributed by atoms with Crippen LogP contribution in [0.15, 0.2) is 53.1 Å². The van der Waals surface area contributed by atoms with Crippen molar-refractivity contribution in [1.29, 1.82) is 5.26 Å². The van der Waals surface area contributed by atoms with Gasteiger partial charge in [0.25, 0.3) is 17.5 Å². The summed E-state index contributed by atoms with van der Waals surface area (Å²) in [6.07, 6.45) is 1.05. The van der Waals surface area contributed by atoms with E-state index in [1.807, 2.05) is 0 Å². The molecule has 1 aliphatic heterocycles. The fourth-order valence-electron chi connectivity index (χ4n) is 2.56. The van der Waals surface area contributed by atoms with Crippen LogP contribution < -0.4 is 10.7 Å². The molecule has 0 saturated carbocycles. The number of nitriles is 1. The first-order valence-electron chi connectivity index (χ1n) is 7.78. The molecule has 10 nitrogen and oxygen atoms in total. The van der Waals surface area contributed by atoms with E-state index in [4.69, 9.17) is 0 Å². The second-order valence-electron chi connectivity index (χ2n) is 5.56. The minimum atomic E-state index is -0.915. The number of nitro groups is 1. The lowest BCUT2D eigenvalue weighted by atomic mass is 10.0. The number of phenolic OH excluding ortho intramolecular Hbond substituents is 1. The number of hydrazone groups is 1. The first-order chi connectivity index (χ1) is 13.4. The Morgan fingerprint density at radius 3 is 2.75 bits per heavy atom. The van der Waals surface area contributed by atoms with Crippen molar-refractivity contribution in [1.82, 2.24) is 5.43 Å². The summed E-state index contributed by atoms with van der Waals surface area (Å²) in [6, 6.07) is 11.7. The average Bonchev–Trinajstić information content (AvgIpc) is 2.99. The van der Waals surface area contributed by atoms with Crippen molar-refractivity contribution < 1.29 is 19.6 Å². The van der Waals surface area contributed by atoms with E-state index in [0.29, 0.717) is 11.3 Å². The number of nitrogens with one attached hydrogen (secondary N) is 2. The lowest BCUT2D eigenvalue weighted by Crippen LogP contribution is -2.21. The first-order valence-corrected chi connectivity index (χ1v) is 7.78. The SMILES string of the molecule is N#CC(C(=O)N/N=C/c1ccc([N+](=O)[O-])cc1O)=C1C(=O)Nc2ccccc21. The Morgan fingerprint density at radius 2 is 2.07 bits per heavy atom. The van der Waals surface area contributed by atoms with Gasteiger partial charge < -0.3 is 10.4 Å². The molecule has 138 valence electrons. The Bertz CT molecular complexity index is 1110. The molecule has 2 aromatic carbocycles. The molecule has 0 unspecified atom stereocenters. The summed E-state index contributed by atoms with van der Waals surface area (Å²) in [6.45, 7) is 0. The monoisotopic (exact) mass is 377 g/mol. The number of phenols is 1. The Labute approximate surface area is 157 Å². The summed E-state index contributed by atoms with van der Waals surface area (Å²) in [4.78, 5) is 34.4. The summed E-state index contributed by atoms with van der Waals surface area (Å²) >= 11 is 0. The lowest BCUT2D eigenvalue weighted by Gasteiger charge is -2.02. The Morgan fingerprint density at radius 1 is 1.32 bits per heavy atom. The number of anilines is 1. The molecule has 0 aromatic heterocycles. The summed E-state index contributed by atoms with van der Waals surface area (Å²) in [5.41, 5.74) is 2.33. The van der Waals surface area contributed by atoms with Crippen LogP contribution in [0.2, 0.25) is 0 Å². The maximum absolute atomic E-state index is 12.3. The molecule has 0 aliphatic carbocycles. The van der Waals surface area contributed by atoms with Gasteiger partial charge in [0.05, 0.1) is 22.8 Å². The highest BCUT2D eigenvalue weighted by Gasteiger charge is 2.30. The zero-order valence-corrected chi connectivity index (χ0v) is 14.0. The fraction of sp³-hybridized carbons (Fsp3) is 0. The molecular formula is C18H11N5O5. The highest BCUT2D eigenvalue weighted by atomic mass is 16.6. The van der Waals surface area contributed by atoms with E-state index in [1.54, 1.807) is 30.3 Å². The molecule has 0 bridgehead atoms. The number of nitro benzene ring substituents is 1. The van der Waals surface area contributed by atoms with Crippen LogP contribution in [0.1, 0.15) is 11.1 Å². The number of amides is 2. The largest absolute Gasteiger partial charge is 0.507 e. The van der Waals surface area contributed by atoms with E-state index in [2.05, 4.69) is 15.8 Å². The minimum Gasteiger partial charge on any atom is -0.507 e. The van der Waals surface area contributed by atoms with Crippen molar-refractivity contribution in [2.45, 2.75) is 0 Å². The number of carbonyl (C=O) groups excluding carboxylic acids is 2. The zero-order chi connectivity index (χ0) is 20.3. The molecule has 2 amide bonds. The molecule has 3 N–H and O–H groups in total. The third kappa shape index (κ3) is 3.40. The lowest BCUT2D eigenvalue weighted by molar-refractivity contribution is -0.384. The molecule has 28 heavy (non-hydrogen) atoms. The van der Waals surface area contributed by atoms with E-state index in [0.717, 1.165) is 18.3 Å². The van der Waals surface area contributed by atoms with Crippen LogP contribution in [0.3, 0.4) is 0 Å².